The topological polar surface area (TPSA) is 32.3 Å². The van der Waals surface area contributed by atoms with Gasteiger partial charge in [0.05, 0.1) is 6.10 Å². The van der Waals surface area contributed by atoms with E-state index in [0.717, 1.165) is 12.0 Å². The highest BCUT2D eigenvalue weighted by Crippen LogP contribution is 2.33. The number of hydrogen-bond donors (Lipinski definition) is 2. The van der Waals surface area contributed by atoms with Gasteiger partial charge < -0.3 is 10.4 Å². The minimum absolute atomic E-state index is 0.0921. The summed E-state index contributed by atoms with van der Waals surface area (Å²) >= 11 is 1.89. The van der Waals surface area contributed by atoms with Gasteiger partial charge in [0.2, 0.25) is 0 Å². The lowest BCUT2D eigenvalue weighted by Crippen LogP contribution is -2.28. The van der Waals surface area contributed by atoms with E-state index in [0.29, 0.717) is 0 Å². The molecule has 1 aliphatic rings. The molecule has 2 N–H and O–H groups in total. The fourth-order valence-electron chi connectivity index (χ4n) is 1.81. The van der Waals surface area contributed by atoms with Gasteiger partial charge in [-0.2, -0.15) is 0 Å². The van der Waals surface area contributed by atoms with Crippen LogP contribution >= 0.6 is 11.8 Å². The van der Waals surface area contributed by atoms with E-state index in [4.69, 9.17) is 0 Å². The molecule has 2 atom stereocenters. The summed E-state index contributed by atoms with van der Waals surface area (Å²) in [4.78, 5) is 1.34. The Balaban J connectivity index is 2.22. The van der Waals surface area contributed by atoms with Gasteiger partial charge in [-0.3, -0.25) is 0 Å². The molecule has 3 heteroatoms. The first-order valence-corrected chi connectivity index (χ1v) is 6.32. The zero-order valence-corrected chi connectivity index (χ0v) is 9.97. The lowest BCUT2D eigenvalue weighted by Gasteiger charge is -2.19. The van der Waals surface area contributed by atoms with Gasteiger partial charge in [0.1, 0.15) is 0 Å². The molecule has 0 amide bonds. The van der Waals surface area contributed by atoms with Crippen LogP contribution in [-0.2, 0) is 6.42 Å². The molecule has 82 valence electrons. The standard InChI is InChI=1S/C12H17NOS/c1-8(13-2)12(14)10-4-3-9-5-6-15-11(9)7-10/h3-4,7-8,12-14H,5-6H2,1-2H3. The van der Waals surface area contributed by atoms with E-state index in [9.17, 15) is 5.11 Å². The Morgan fingerprint density at radius 3 is 3.00 bits per heavy atom. The van der Waals surface area contributed by atoms with Crippen molar-refractivity contribution in [1.82, 2.24) is 5.32 Å². The lowest BCUT2D eigenvalue weighted by atomic mass is 10.0. The van der Waals surface area contributed by atoms with Crippen molar-refractivity contribution in [2.24, 2.45) is 0 Å². The van der Waals surface area contributed by atoms with Crippen molar-refractivity contribution >= 4 is 11.8 Å². The molecule has 0 saturated heterocycles. The average Bonchev–Trinajstić information content (AvgIpc) is 2.73. The molecule has 2 rings (SSSR count). The largest absolute Gasteiger partial charge is 0.387 e. The fraction of sp³-hybridized carbons (Fsp3) is 0.500. The molecule has 1 aliphatic heterocycles. The third-order valence-electron chi connectivity index (χ3n) is 2.99. The maximum absolute atomic E-state index is 10.0. The highest BCUT2D eigenvalue weighted by molar-refractivity contribution is 7.99. The van der Waals surface area contributed by atoms with Crippen molar-refractivity contribution in [3.05, 3.63) is 29.3 Å². The van der Waals surface area contributed by atoms with Crippen LogP contribution < -0.4 is 5.32 Å². The van der Waals surface area contributed by atoms with Gasteiger partial charge in [-0.1, -0.05) is 12.1 Å². The Labute approximate surface area is 95.1 Å². The number of aliphatic hydroxyl groups is 1. The number of aryl methyl sites for hydroxylation is 1. The highest BCUT2D eigenvalue weighted by atomic mass is 32.2. The van der Waals surface area contributed by atoms with Crippen molar-refractivity contribution in [3.8, 4) is 0 Å². The van der Waals surface area contributed by atoms with E-state index in [1.54, 1.807) is 0 Å². The van der Waals surface area contributed by atoms with Crippen molar-refractivity contribution in [2.75, 3.05) is 12.8 Å². The van der Waals surface area contributed by atoms with Crippen molar-refractivity contribution in [2.45, 2.75) is 30.4 Å². The summed E-state index contributed by atoms with van der Waals surface area (Å²) in [5.74, 6) is 1.18. The molecule has 0 fully saturated rings. The van der Waals surface area contributed by atoms with Crippen LogP contribution in [0.2, 0.25) is 0 Å². The smallest absolute Gasteiger partial charge is 0.0940 e. The van der Waals surface area contributed by atoms with Crippen LogP contribution in [0, 0.1) is 0 Å². The van der Waals surface area contributed by atoms with Crippen LogP contribution in [0.3, 0.4) is 0 Å². The summed E-state index contributed by atoms with van der Waals surface area (Å²) in [5, 5.41) is 13.1. The number of fused-ring (bicyclic) bond motifs is 1. The second-order valence-electron chi connectivity index (χ2n) is 3.99. The third kappa shape index (κ3) is 2.19. The van der Waals surface area contributed by atoms with Gasteiger partial charge in [-0.05, 0) is 37.6 Å². The van der Waals surface area contributed by atoms with Crippen LogP contribution in [0.4, 0.5) is 0 Å². The predicted molar refractivity (Wildman–Crippen MR) is 64.4 cm³/mol. The summed E-state index contributed by atoms with van der Waals surface area (Å²) < 4.78 is 0. The van der Waals surface area contributed by atoms with E-state index in [1.807, 2.05) is 31.8 Å². The molecule has 0 bridgehead atoms. The van der Waals surface area contributed by atoms with Gasteiger partial charge in [0.25, 0.3) is 0 Å². The van der Waals surface area contributed by atoms with E-state index in [2.05, 4.69) is 17.4 Å². The first-order chi connectivity index (χ1) is 7.22. The number of hydrogen-bond acceptors (Lipinski definition) is 3. The molecule has 2 nitrogen and oxygen atoms in total. The Hall–Kier alpha value is -0.510. The maximum Gasteiger partial charge on any atom is 0.0940 e. The summed E-state index contributed by atoms with van der Waals surface area (Å²) in [7, 11) is 1.87. The zero-order valence-electron chi connectivity index (χ0n) is 9.16. The normalized spacial score (nSPS) is 18.6. The lowest BCUT2D eigenvalue weighted by molar-refractivity contribution is 0.140. The molecular weight excluding hydrogens is 206 g/mol. The van der Waals surface area contributed by atoms with Gasteiger partial charge in [-0.15, -0.1) is 11.8 Å². The van der Waals surface area contributed by atoms with E-state index < -0.39 is 6.10 Å². The van der Waals surface area contributed by atoms with Crippen LogP contribution in [0.1, 0.15) is 24.2 Å². The molecule has 15 heavy (non-hydrogen) atoms. The van der Waals surface area contributed by atoms with Crippen LogP contribution in [0.15, 0.2) is 23.1 Å². The van der Waals surface area contributed by atoms with Gasteiger partial charge in [0, 0.05) is 16.7 Å². The Kier molecular flexibility index (Phi) is 3.34. The van der Waals surface area contributed by atoms with Gasteiger partial charge in [0.15, 0.2) is 0 Å². The Morgan fingerprint density at radius 2 is 2.27 bits per heavy atom. The third-order valence-corrected chi connectivity index (χ3v) is 4.09. The minimum atomic E-state index is -0.415. The van der Waals surface area contributed by atoms with Gasteiger partial charge in [-0.25, -0.2) is 0 Å². The molecule has 1 heterocycles. The second kappa shape index (κ2) is 4.56. The highest BCUT2D eigenvalue weighted by Gasteiger charge is 2.18. The minimum Gasteiger partial charge on any atom is -0.387 e. The number of nitrogens with one attached hydrogen (secondary N) is 1. The Bertz CT molecular complexity index is 353. The molecule has 0 aromatic heterocycles. The number of benzene rings is 1. The van der Waals surface area contributed by atoms with E-state index >= 15 is 0 Å². The SMILES string of the molecule is CNC(C)C(O)c1ccc2c(c1)SCC2. The molecule has 0 saturated carbocycles. The summed E-state index contributed by atoms with van der Waals surface area (Å²) in [6.07, 6.45) is 0.749. The Morgan fingerprint density at radius 1 is 1.47 bits per heavy atom. The van der Waals surface area contributed by atoms with Crippen LogP contribution in [-0.4, -0.2) is 23.9 Å². The number of thioether (sulfide) groups is 1. The molecule has 2 unspecified atom stereocenters. The maximum atomic E-state index is 10.0. The average molecular weight is 223 g/mol. The number of likely N-dealkylation sites (N-methyl/N-ethyl adjacent to an activating group) is 1. The van der Waals surface area contributed by atoms with Crippen molar-refractivity contribution in [1.29, 1.82) is 0 Å². The van der Waals surface area contributed by atoms with Crippen LogP contribution in [0.25, 0.3) is 0 Å². The fourth-order valence-corrected chi connectivity index (χ4v) is 2.93. The van der Waals surface area contributed by atoms with Gasteiger partial charge >= 0.3 is 0 Å². The van der Waals surface area contributed by atoms with Crippen LogP contribution in [0.5, 0.6) is 0 Å². The molecular formula is C12H17NOS. The van der Waals surface area contributed by atoms with E-state index in [1.165, 1.54) is 16.2 Å². The summed E-state index contributed by atoms with van der Waals surface area (Å²) in [6, 6.07) is 6.42. The predicted octanol–water partition coefficient (Wildman–Crippen LogP) is 1.98. The quantitative estimate of drug-likeness (QED) is 0.822. The molecule has 1 aromatic carbocycles. The van der Waals surface area contributed by atoms with Crippen molar-refractivity contribution < 1.29 is 5.11 Å². The first kappa shape index (κ1) is 11.0. The molecule has 1 aromatic rings. The summed E-state index contributed by atoms with van der Waals surface area (Å²) in [6.45, 7) is 1.99. The van der Waals surface area contributed by atoms with Crippen molar-refractivity contribution in [3.63, 3.8) is 0 Å². The number of aliphatic hydroxyl groups excluding tert-OH is 1. The molecule has 0 radical (unpaired) electrons. The monoisotopic (exact) mass is 223 g/mol. The number of rotatable bonds is 3. The first-order valence-electron chi connectivity index (χ1n) is 5.33. The zero-order chi connectivity index (χ0) is 10.8. The summed E-state index contributed by atoms with van der Waals surface area (Å²) in [5.41, 5.74) is 2.44. The molecule has 0 aliphatic carbocycles. The van der Waals surface area contributed by atoms with E-state index in [-0.39, 0.29) is 6.04 Å². The second-order valence-corrected chi connectivity index (χ2v) is 5.12. The molecule has 0 spiro atoms.